The van der Waals surface area contributed by atoms with Crippen molar-refractivity contribution < 1.29 is 37.8 Å². The maximum atomic E-state index is 12.3. The molecule has 0 spiro atoms. The molecule has 0 amide bonds. The van der Waals surface area contributed by atoms with Crippen molar-refractivity contribution in [3.05, 3.63) is 65.7 Å². The molecule has 0 bridgehead atoms. The Bertz CT molecular complexity index is 1060. The summed E-state index contributed by atoms with van der Waals surface area (Å²) < 4.78 is 31.6. The number of ether oxygens (including phenoxy) is 1. The van der Waals surface area contributed by atoms with Crippen LogP contribution >= 0.6 is 0 Å². The number of hydrogen-bond donors (Lipinski definition) is 3. The molecule has 10 heteroatoms. The zero-order chi connectivity index (χ0) is 22.9. The Morgan fingerprint density at radius 2 is 1.52 bits per heavy atom. The molecule has 164 valence electrons. The van der Waals surface area contributed by atoms with Crippen LogP contribution in [0.1, 0.15) is 28.8 Å². The van der Waals surface area contributed by atoms with E-state index in [0.717, 1.165) is 5.56 Å². The van der Waals surface area contributed by atoms with Gasteiger partial charge in [0.05, 0.1) is 24.3 Å². The van der Waals surface area contributed by atoms with E-state index in [1.54, 1.807) is 30.3 Å². The van der Waals surface area contributed by atoms with Crippen molar-refractivity contribution in [1.82, 2.24) is 4.72 Å². The van der Waals surface area contributed by atoms with Gasteiger partial charge in [-0.15, -0.1) is 0 Å². The summed E-state index contributed by atoms with van der Waals surface area (Å²) in [6.07, 6.45) is 2.49. The molecule has 2 aromatic carbocycles. The number of aliphatic carboxylic acids is 2. The Morgan fingerprint density at radius 1 is 0.903 bits per heavy atom. The molecule has 0 aliphatic heterocycles. The molecule has 0 aliphatic carbocycles. The summed E-state index contributed by atoms with van der Waals surface area (Å²) in [5.74, 6) is -1.88. The first-order valence-corrected chi connectivity index (χ1v) is 10.6. The Morgan fingerprint density at radius 3 is 2.10 bits per heavy atom. The molecule has 2 aromatic rings. The molecule has 0 heterocycles. The van der Waals surface area contributed by atoms with E-state index in [2.05, 4.69) is 4.72 Å². The van der Waals surface area contributed by atoms with Gasteiger partial charge < -0.3 is 14.9 Å². The van der Waals surface area contributed by atoms with Crippen molar-refractivity contribution in [3.63, 3.8) is 0 Å². The van der Waals surface area contributed by atoms with Gasteiger partial charge >= 0.3 is 11.9 Å². The van der Waals surface area contributed by atoms with E-state index in [1.165, 1.54) is 30.3 Å². The van der Waals surface area contributed by atoms with E-state index in [9.17, 15) is 22.8 Å². The fourth-order valence-electron chi connectivity index (χ4n) is 2.37. The lowest BCUT2D eigenvalue weighted by atomic mass is 10.1. The number of carbonyl (C=O) groups excluding carboxylic acids is 1. The van der Waals surface area contributed by atoms with Gasteiger partial charge in [-0.1, -0.05) is 18.2 Å². The predicted octanol–water partition coefficient (Wildman–Crippen LogP) is 2.19. The highest BCUT2D eigenvalue weighted by atomic mass is 32.2. The van der Waals surface area contributed by atoms with E-state index >= 15 is 0 Å². The Labute approximate surface area is 179 Å². The highest BCUT2D eigenvalue weighted by Gasteiger charge is 2.14. The van der Waals surface area contributed by atoms with Gasteiger partial charge in [0.15, 0.2) is 5.78 Å². The van der Waals surface area contributed by atoms with E-state index in [0.29, 0.717) is 5.75 Å². The van der Waals surface area contributed by atoms with Crippen molar-refractivity contribution in [2.24, 2.45) is 0 Å². The molecule has 0 radical (unpaired) electrons. The van der Waals surface area contributed by atoms with Crippen molar-refractivity contribution in [3.8, 4) is 5.75 Å². The smallest absolute Gasteiger partial charge is 0.306 e. The summed E-state index contributed by atoms with van der Waals surface area (Å²) in [6.45, 7) is -0.172. The SMILES string of the molecule is O=C(O)CCNS(=O)(=O)c1ccc(C(=O)/C=C/c2ccc(OCCC(=O)O)cc2)cc1. The molecule has 0 atom stereocenters. The second kappa shape index (κ2) is 11.0. The monoisotopic (exact) mass is 447 g/mol. The van der Waals surface area contributed by atoms with Crippen LogP contribution in [0.3, 0.4) is 0 Å². The zero-order valence-electron chi connectivity index (χ0n) is 16.4. The lowest BCUT2D eigenvalue weighted by molar-refractivity contribution is -0.138. The maximum absolute atomic E-state index is 12.3. The van der Waals surface area contributed by atoms with E-state index < -0.39 is 22.0 Å². The second-order valence-corrected chi connectivity index (χ2v) is 8.09. The molecule has 9 nitrogen and oxygen atoms in total. The first kappa shape index (κ1) is 23.8. The van der Waals surface area contributed by atoms with Crippen LogP contribution in [0.5, 0.6) is 5.75 Å². The third-order valence-electron chi connectivity index (χ3n) is 3.97. The lowest BCUT2D eigenvalue weighted by Crippen LogP contribution is -2.26. The topological polar surface area (TPSA) is 147 Å². The summed E-state index contributed by atoms with van der Waals surface area (Å²) in [5, 5.41) is 17.2. The summed E-state index contributed by atoms with van der Waals surface area (Å²) in [7, 11) is -3.86. The van der Waals surface area contributed by atoms with Crippen LogP contribution in [0.25, 0.3) is 6.08 Å². The number of hydrogen-bond acceptors (Lipinski definition) is 6. The Balaban J connectivity index is 1.95. The van der Waals surface area contributed by atoms with Gasteiger partial charge in [0, 0.05) is 12.1 Å². The van der Waals surface area contributed by atoms with Crippen LogP contribution in [0.2, 0.25) is 0 Å². The number of benzene rings is 2. The van der Waals surface area contributed by atoms with Gasteiger partial charge in [0.25, 0.3) is 0 Å². The number of carboxylic acid groups (broad SMARTS) is 2. The average Bonchev–Trinajstić information content (AvgIpc) is 2.72. The number of rotatable bonds is 12. The molecular formula is C21H21NO8S. The van der Waals surface area contributed by atoms with Crippen LogP contribution in [0.4, 0.5) is 0 Å². The number of nitrogens with one attached hydrogen (secondary N) is 1. The van der Waals surface area contributed by atoms with Crippen LogP contribution in [-0.2, 0) is 19.6 Å². The molecule has 0 unspecified atom stereocenters. The molecule has 31 heavy (non-hydrogen) atoms. The molecule has 0 aromatic heterocycles. The second-order valence-electron chi connectivity index (χ2n) is 6.32. The molecule has 3 N–H and O–H groups in total. The number of carbonyl (C=O) groups is 3. The van der Waals surface area contributed by atoms with Crippen molar-refractivity contribution in [1.29, 1.82) is 0 Å². The van der Waals surface area contributed by atoms with Gasteiger partial charge in [-0.25, -0.2) is 13.1 Å². The Hall–Kier alpha value is -3.50. The van der Waals surface area contributed by atoms with Gasteiger partial charge in [0.1, 0.15) is 5.75 Å². The number of allylic oxidation sites excluding steroid dienone is 1. The number of sulfonamides is 1. The fourth-order valence-corrected chi connectivity index (χ4v) is 3.41. The normalized spacial score (nSPS) is 11.4. The van der Waals surface area contributed by atoms with Gasteiger partial charge in [-0.3, -0.25) is 14.4 Å². The van der Waals surface area contributed by atoms with Crippen LogP contribution < -0.4 is 9.46 Å². The third kappa shape index (κ3) is 8.03. The first-order valence-electron chi connectivity index (χ1n) is 9.16. The molecular weight excluding hydrogens is 426 g/mol. The predicted molar refractivity (Wildman–Crippen MR) is 111 cm³/mol. The minimum Gasteiger partial charge on any atom is -0.493 e. The average molecular weight is 447 g/mol. The summed E-state index contributed by atoms with van der Waals surface area (Å²) in [5.41, 5.74) is 1.01. The van der Waals surface area contributed by atoms with Gasteiger partial charge in [-0.05, 0) is 48.0 Å². The molecule has 0 fully saturated rings. The van der Waals surface area contributed by atoms with Gasteiger partial charge in [0.2, 0.25) is 10.0 Å². The van der Waals surface area contributed by atoms with Crippen LogP contribution in [0, 0.1) is 0 Å². The number of carboxylic acids is 2. The summed E-state index contributed by atoms with van der Waals surface area (Å²) >= 11 is 0. The third-order valence-corrected chi connectivity index (χ3v) is 5.45. The van der Waals surface area contributed by atoms with E-state index in [-0.39, 0.29) is 42.2 Å². The zero-order valence-corrected chi connectivity index (χ0v) is 17.2. The maximum Gasteiger partial charge on any atom is 0.306 e. The highest BCUT2D eigenvalue weighted by molar-refractivity contribution is 7.89. The standard InChI is InChI=1S/C21H21NO8S/c23-19(10-3-15-1-6-17(7-2-15)30-14-12-21(26)27)16-4-8-18(9-5-16)31(28,29)22-13-11-20(24)25/h1-10,22H,11-14H2,(H,24,25)(H,26,27)/b10-3+. The molecule has 0 aliphatic rings. The van der Waals surface area contributed by atoms with Crippen LogP contribution in [-0.4, -0.2) is 49.5 Å². The number of ketones is 1. The molecule has 0 saturated heterocycles. The Kier molecular flexibility index (Phi) is 8.47. The fraction of sp³-hybridized carbons (Fsp3) is 0.190. The largest absolute Gasteiger partial charge is 0.493 e. The first-order chi connectivity index (χ1) is 14.7. The molecule has 2 rings (SSSR count). The lowest BCUT2D eigenvalue weighted by Gasteiger charge is -2.06. The van der Waals surface area contributed by atoms with Crippen LogP contribution in [0.15, 0.2) is 59.5 Å². The van der Waals surface area contributed by atoms with Crippen molar-refractivity contribution in [2.75, 3.05) is 13.2 Å². The van der Waals surface area contributed by atoms with E-state index in [1.807, 2.05) is 0 Å². The minimum atomic E-state index is -3.86. The van der Waals surface area contributed by atoms with Gasteiger partial charge in [-0.2, -0.15) is 0 Å². The quantitative estimate of drug-likeness (QED) is 0.331. The summed E-state index contributed by atoms with van der Waals surface area (Å²) in [4.78, 5) is 33.2. The molecule has 0 saturated carbocycles. The van der Waals surface area contributed by atoms with Crippen molar-refractivity contribution in [2.45, 2.75) is 17.7 Å². The minimum absolute atomic E-state index is 0.0593. The summed E-state index contributed by atoms with van der Waals surface area (Å²) in [6, 6.07) is 12.0. The van der Waals surface area contributed by atoms with E-state index in [4.69, 9.17) is 14.9 Å². The highest BCUT2D eigenvalue weighted by Crippen LogP contribution is 2.15. The van der Waals surface area contributed by atoms with Crippen molar-refractivity contribution >= 4 is 33.8 Å².